The molecule has 1 aromatic heterocycles. The SMILES string of the molecule is COC(=O)CCCCNC(=O)c1sc(-c2ccc(C(F)(F)F)cc2)nc1C. The van der Waals surface area contributed by atoms with Gasteiger partial charge < -0.3 is 10.1 Å². The lowest BCUT2D eigenvalue weighted by Crippen LogP contribution is -2.24. The predicted molar refractivity (Wildman–Crippen MR) is 95.5 cm³/mol. The van der Waals surface area contributed by atoms with Crippen molar-refractivity contribution in [3.63, 3.8) is 0 Å². The van der Waals surface area contributed by atoms with Gasteiger partial charge in [0.15, 0.2) is 0 Å². The third kappa shape index (κ3) is 5.78. The number of thiazole rings is 1. The number of aromatic nitrogens is 1. The lowest BCUT2D eigenvalue weighted by atomic mass is 10.1. The number of benzene rings is 1. The smallest absolute Gasteiger partial charge is 0.416 e. The molecule has 146 valence electrons. The van der Waals surface area contributed by atoms with Crippen LogP contribution in [0.25, 0.3) is 10.6 Å². The molecule has 0 bridgehead atoms. The Morgan fingerprint density at radius 3 is 2.44 bits per heavy atom. The zero-order valence-electron chi connectivity index (χ0n) is 14.9. The number of rotatable bonds is 7. The molecule has 0 saturated carbocycles. The van der Waals surface area contributed by atoms with E-state index in [0.29, 0.717) is 46.9 Å². The molecule has 2 aromatic rings. The van der Waals surface area contributed by atoms with Gasteiger partial charge in [0.2, 0.25) is 0 Å². The fourth-order valence-corrected chi connectivity index (χ4v) is 3.30. The summed E-state index contributed by atoms with van der Waals surface area (Å²) in [6.45, 7) is 2.08. The molecule has 5 nitrogen and oxygen atoms in total. The molecular formula is C18H19F3N2O3S. The third-order valence-corrected chi connectivity index (χ3v) is 4.99. The first-order valence-electron chi connectivity index (χ1n) is 8.22. The van der Waals surface area contributed by atoms with Crippen LogP contribution in [0.5, 0.6) is 0 Å². The summed E-state index contributed by atoms with van der Waals surface area (Å²) in [5.74, 6) is -0.581. The van der Waals surface area contributed by atoms with Crippen molar-refractivity contribution >= 4 is 23.2 Å². The first-order valence-corrected chi connectivity index (χ1v) is 9.04. The van der Waals surface area contributed by atoms with Crippen LogP contribution >= 0.6 is 11.3 Å². The van der Waals surface area contributed by atoms with Crippen LogP contribution in [0.1, 0.15) is 40.2 Å². The van der Waals surface area contributed by atoms with Gasteiger partial charge in [-0.25, -0.2) is 4.98 Å². The molecular weight excluding hydrogens is 381 g/mol. The summed E-state index contributed by atoms with van der Waals surface area (Å²) in [7, 11) is 1.32. The fraction of sp³-hybridized carbons (Fsp3) is 0.389. The number of carbonyl (C=O) groups is 2. The number of nitrogens with one attached hydrogen (secondary N) is 1. The van der Waals surface area contributed by atoms with E-state index < -0.39 is 11.7 Å². The van der Waals surface area contributed by atoms with Gasteiger partial charge in [-0.2, -0.15) is 13.2 Å². The molecule has 0 saturated heterocycles. The first-order chi connectivity index (χ1) is 12.7. The number of alkyl halides is 3. The van der Waals surface area contributed by atoms with Crippen LogP contribution in [0.15, 0.2) is 24.3 Å². The maximum absolute atomic E-state index is 12.6. The second-order valence-electron chi connectivity index (χ2n) is 5.80. The molecule has 0 spiro atoms. The summed E-state index contributed by atoms with van der Waals surface area (Å²) < 4.78 is 42.5. The summed E-state index contributed by atoms with van der Waals surface area (Å²) in [6, 6.07) is 4.67. The molecule has 0 aliphatic heterocycles. The molecule has 9 heteroatoms. The monoisotopic (exact) mass is 400 g/mol. The average Bonchev–Trinajstić information content (AvgIpc) is 3.02. The number of carbonyl (C=O) groups excluding carboxylic acids is 2. The van der Waals surface area contributed by atoms with Crippen LogP contribution in [-0.4, -0.2) is 30.5 Å². The highest BCUT2D eigenvalue weighted by atomic mass is 32.1. The van der Waals surface area contributed by atoms with Crippen molar-refractivity contribution in [2.24, 2.45) is 0 Å². The number of nitrogens with zero attached hydrogens (tertiary/aromatic N) is 1. The second-order valence-corrected chi connectivity index (χ2v) is 6.80. The molecule has 2 rings (SSSR count). The van der Waals surface area contributed by atoms with E-state index in [-0.39, 0.29) is 11.9 Å². The van der Waals surface area contributed by atoms with Crippen LogP contribution in [0, 0.1) is 6.92 Å². The Hall–Kier alpha value is -2.42. The molecule has 27 heavy (non-hydrogen) atoms. The highest BCUT2D eigenvalue weighted by molar-refractivity contribution is 7.17. The number of aryl methyl sites for hydroxylation is 1. The van der Waals surface area contributed by atoms with Crippen molar-refractivity contribution in [3.05, 3.63) is 40.4 Å². The number of hydrogen-bond donors (Lipinski definition) is 1. The van der Waals surface area contributed by atoms with Crippen LogP contribution in [0.2, 0.25) is 0 Å². The topological polar surface area (TPSA) is 68.3 Å². The number of unbranched alkanes of at least 4 members (excludes halogenated alkanes) is 1. The second kappa shape index (κ2) is 8.98. The van der Waals surface area contributed by atoms with Crippen LogP contribution in [-0.2, 0) is 15.7 Å². The number of amides is 1. The van der Waals surface area contributed by atoms with Crippen molar-refractivity contribution in [2.75, 3.05) is 13.7 Å². The quantitative estimate of drug-likeness (QED) is 0.558. The van der Waals surface area contributed by atoms with Gasteiger partial charge in [-0.3, -0.25) is 9.59 Å². The molecule has 1 N–H and O–H groups in total. The van der Waals surface area contributed by atoms with Crippen molar-refractivity contribution < 1.29 is 27.5 Å². The standard InChI is InChI=1S/C18H19F3N2O3S/c1-11-15(16(25)22-10-4-3-5-14(24)26-2)27-17(23-11)12-6-8-13(9-7-12)18(19,20)21/h6-9H,3-5,10H2,1-2H3,(H,22,25). The van der Waals surface area contributed by atoms with E-state index >= 15 is 0 Å². The van der Waals surface area contributed by atoms with Gasteiger partial charge in [0, 0.05) is 18.5 Å². The van der Waals surface area contributed by atoms with Crippen LogP contribution in [0.3, 0.4) is 0 Å². The highest BCUT2D eigenvalue weighted by Crippen LogP contribution is 2.32. The minimum atomic E-state index is -4.39. The zero-order valence-corrected chi connectivity index (χ0v) is 15.7. The summed E-state index contributed by atoms with van der Waals surface area (Å²) in [6.07, 6.45) is -2.86. The number of esters is 1. The Kier molecular flexibility index (Phi) is 6.95. The number of halogens is 3. The minimum absolute atomic E-state index is 0.291. The zero-order chi connectivity index (χ0) is 20.0. The van der Waals surface area contributed by atoms with E-state index in [1.165, 1.54) is 19.2 Å². The number of ether oxygens (including phenoxy) is 1. The molecule has 0 radical (unpaired) electrons. The van der Waals surface area contributed by atoms with Gasteiger partial charge in [-0.15, -0.1) is 11.3 Å². The van der Waals surface area contributed by atoms with Gasteiger partial charge in [-0.1, -0.05) is 12.1 Å². The molecule has 1 amide bonds. The van der Waals surface area contributed by atoms with E-state index in [1.54, 1.807) is 6.92 Å². The van der Waals surface area contributed by atoms with E-state index in [9.17, 15) is 22.8 Å². The Balaban J connectivity index is 1.97. The number of methoxy groups -OCH3 is 1. The van der Waals surface area contributed by atoms with Crippen molar-refractivity contribution in [1.82, 2.24) is 10.3 Å². The van der Waals surface area contributed by atoms with Gasteiger partial charge in [0.05, 0.1) is 18.4 Å². The van der Waals surface area contributed by atoms with Crippen molar-refractivity contribution in [1.29, 1.82) is 0 Å². The predicted octanol–water partition coefficient (Wildman–Crippen LogP) is 4.21. The van der Waals surface area contributed by atoms with Gasteiger partial charge >= 0.3 is 12.1 Å². The fourth-order valence-electron chi connectivity index (χ4n) is 2.31. The van der Waals surface area contributed by atoms with Gasteiger partial charge in [0.1, 0.15) is 9.88 Å². The summed E-state index contributed by atoms with van der Waals surface area (Å²) >= 11 is 1.13. The Bertz CT molecular complexity index is 801. The Labute approximate surface area is 158 Å². The van der Waals surface area contributed by atoms with E-state index in [4.69, 9.17) is 0 Å². The van der Waals surface area contributed by atoms with Gasteiger partial charge in [0.25, 0.3) is 5.91 Å². The van der Waals surface area contributed by atoms with Crippen molar-refractivity contribution in [3.8, 4) is 10.6 Å². The maximum atomic E-state index is 12.6. The summed E-state index contributed by atoms with van der Waals surface area (Å²) in [4.78, 5) is 28.0. The maximum Gasteiger partial charge on any atom is 0.416 e. The van der Waals surface area contributed by atoms with Crippen molar-refractivity contribution in [2.45, 2.75) is 32.4 Å². The third-order valence-electron chi connectivity index (χ3n) is 3.78. The highest BCUT2D eigenvalue weighted by Gasteiger charge is 2.30. The van der Waals surface area contributed by atoms with E-state index in [1.807, 2.05) is 0 Å². The first kappa shape index (κ1) is 20.9. The lowest BCUT2D eigenvalue weighted by molar-refractivity contribution is -0.140. The van der Waals surface area contributed by atoms with Crippen LogP contribution in [0.4, 0.5) is 13.2 Å². The van der Waals surface area contributed by atoms with E-state index in [0.717, 1.165) is 23.5 Å². The molecule has 0 unspecified atom stereocenters. The van der Waals surface area contributed by atoms with Gasteiger partial charge in [-0.05, 0) is 31.9 Å². The molecule has 0 aliphatic carbocycles. The molecule has 1 aromatic carbocycles. The van der Waals surface area contributed by atoms with E-state index in [2.05, 4.69) is 15.0 Å². The lowest BCUT2D eigenvalue weighted by Gasteiger charge is -2.06. The minimum Gasteiger partial charge on any atom is -0.469 e. The largest absolute Gasteiger partial charge is 0.469 e. The van der Waals surface area contributed by atoms with Crippen LogP contribution < -0.4 is 5.32 Å². The summed E-state index contributed by atoms with van der Waals surface area (Å²) in [5.41, 5.74) is 0.305. The summed E-state index contributed by atoms with van der Waals surface area (Å²) in [5, 5.41) is 3.24. The molecule has 0 atom stereocenters. The Morgan fingerprint density at radius 1 is 1.19 bits per heavy atom. The Morgan fingerprint density at radius 2 is 1.85 bits per heavy atom. The normalized spacial score (nSPS) is 11.3. The number of hydrogen-bond acceptors (Lipinski definition) is 5. The molecule has 0 fully saturated rings. The molecule has 1 heterocycles. The molecule has 0 aliphatic rings. The average molecular weight is 400 g/mol.